The Bertz CT molecular complexity index is 332. The lowest BCUT2D eigenvalue weighted by molar-refractivity contribution is -0.131. The minimum atomic E-state index is 0.0626. The van der Waals surface area contributed by atoms with Crippen LogP contribution in [0.2, 0.25) is 0 Å². The first-order valence-electron chi connectivity index (χ1n) is 7.99. The maximum atomic E-state index is 12.3. The van der Waals surface area contributed by atoms with E-state index in [1.54, 1.807) is 0 Å². The van der Waals surface area contributed by atoms with Gasteiger partial charge in [-0.25, -0.2) is 0 Å². The summed E-state index contributed by atoms with van der Waals surface area (Å²) in [4.78, 5) is 14.3. The van der Waals surface area contributed by atoms with Crippen LogP contribution in [0.1, 0.15) is 46.5 Å². The predicted octanol–water partition coefficient (Wildman–Crippen LogP) is 2.02. The molecular weight excluding hydrogens is 252 g/mol. The molecule has 0 aromatic carbocycles. The SMILES string of the molecule is CC(C)(C)C1CCC(=O)N(CC(N)C2CCOC2)CC1. The van der Waals surface area contributed by atoms with E-state index in [0.717, 1.165) is 39.0 Å². The van der Waals surface area contributed by atoms with Gasteiger partial charge in [-0.15, -0.1) is 0 Å². The van der Waals surface area contributed by atoms with Crippen LogP contribution in [0, 0.1) is 17.3 Å². The van der Waals surface area contributed by atoms with Gasteiger partial charge in [-0.05, 0) is 30.6 Å². The fourth-order valence-electron chi connectivity index (χ4n) is 3.39. The number of carbonyl (C=O) groups is 1. The molecule has 2 aliphatic heterocycles. The third-order valence-electron chi connectivity index (χ3n) is 5.03. The molecule has 2 heterocycles. The minimum Gasteiger partial charge on any atom is -0.381 e. The molecule has 116 valence electrons. The standard InChI is InChI=1S/C16H30N2O2/c1-16(2,3)13-4-5-15(19)18(8-6-13)10-14(17)12-7-9-20-11-12/h12-14H,4-11,17H2,1-3H3. The molecule has 4 nitrogen and oxygen atoms in total. The molecule has 2 fully saturated rings. The fourth-order valence-corrected chi connectivity index (χ4v) is 3.39. The summed E-state index contributed by atoms with van der Waals surface area (Å²) in [6, 6.07) is 0.0626. The Morgan fingerprint density at radius 1 is 1.35 bits per heavy atom. The van der Waals surface area contributed by atoms with Crippen molar-refractivity contribution in [1.29, 1.82) is 0 Å². The van der Waals surface area contributed by atoms with Gasteiger partial charge in [0, 0.05) is 38.1 Å². The zero-order valence-electron chi connectivity index (χ0n) is 13.2. The van der Waals surface area contributed by atoms with Crippen molar-refractivity contribution in [1.82, 2.24) is 4.90 Å². The molecule has 0 aliphatic carbocycles. The molecule has 2 N–H and O–H groups in total. The van der Waals surface area contributed by atoms with Crippen LogP contribution in [0.5, 0.6) is 0 Å². The van der Waals surface area contributed by atoms with Crippen LogP contribution in [0.3, 0.4) is 0 Å². The molecular formula is C16H30N2O2. The number of rotatable bonds is 3. The van der Waals surface area contributed by atoms with Gasteiger partial charge in [0.2, 0.25) is 5.91 Å². The molecule has 20 heavy (non-hydrogen) atoms. The molecule has 0 spiro atoms. The van der Waals surface area contributed by atoms with Gasteiger partial charge in [0.15, 0.2) is 0 Å². The van der Waals surface area contributed by atoms with Gasteiger partial charge in [-0.3, -0.25) is 4.79 Å². The molecule has 0 aromatic rings. The Balaban J connectivity index is 1.89. The zero-order chi connectivity index (χ0) is 14.8. The summed E-state index contributed by atoms with van der Waals surface area (Å²) in [5.41, 5.74) is 6.56. The fraction of sp³-hybridized carbons (Fsp3) is 0.938. The number of ether oxygens (including phenoxy) is 1. The molecule has 3 atom stereocenters. The molecule has 1 amide bonds. The van der Waals surface area contributed by atoms with Gasteiger partial charge in [-0.2, -0.15) is 0 Å². The quantitative estimate of drug-likeness (QED) is 0.861. The summed E-state index contributed by atoms with van der Waals surface area (Å²) >= 11 is 0. The van der Waals surface area contributed by atoms with Crippen molar-refractivity contribution in [2.75, 3.05) is 26.3 Å². The largest absolute Gasteiger partial charge is 0.381 e. The van der Waals surface area contributed by atoms with Gasteiger partial charge in [0.1, 0.15) is 0 Å². The first-order valence-corrected chi connectivity index (χ1v) is 7.99. The number of nitrogens with zero attached hydrogens (tertiary/aromatic N) is 1. The van der Waals surface area contributed by atoms with Crippen molar-refractivity contribution >= 4 is 5.91 Å². The van der Waals surface area contributed by atoms with E-state index in [0.29, 0.717) is 24.8 Å². The topological polar surface area (TPSA) is 55.6 Å². The van der Waals surface area contributed by atoms with Crippen molar-refractivity contribution in [2.45, 2.75) is 52.5 Å². The van der Waals surface area contributed by atoms with Crippen LogP contribution in [-0.4, -0.2) is 43.2 Å². The smallest absolute Gasteiger partial charge is 0.222 e. The lowest BCUT2D eigenvalue weighted by Crippen LogP contribution is -2.45. The molecule has 3 unspecified atom stereocenters. The Kier molecular flexibility index (Phi) is 5.08. The van der Waals surface area contributed by atoms with Gasteiger partial charge in [0.05, 0.1) is 6.61 Å². The van der Waals surface area contributed by atoms with Gasteiger partial charge >= 0.3 is 0 Å². The molecule has 0 bridgehead atoms. The van der Waals surface area contributed by atoms with E-state index in [2.05, 4.69) is 20.8 Å². The Hall–Kier alpha value is -0.610. The van der Waals surface area contributed by atoms with Crippen molar-refractivity contribution in [2.24, 2.45) is 23.0 Å². The van der Waals surface area contributed by atoms with Crippen LogP contribution >= 0.6 is 0 Å². The highest BCUT2D eigenvalue weighted by atomic mass is 16.5. The van der Waals surface area contributed by atoms with Gasteiger partial charge in [0.25, 0.3) is 0 Å². The number of nitrogens with two attached hydrogens (primary N) is 1. The number of hydrogen-bond donors (Lipinski definition) is 1. The van der Waals surface area contributed by atoms with E-state index in [4.69, 9.17) is 10.5 Å². The third-order valence-corrected chi connectivity index (χ3v) is 5.03. The number of amides is 1. The number of hydrogen-bond acceptors (Lipinski definition) is 3. The highest BCUT2D eigenvalue weighted by Crippen LogP contribution is 2.34. The van der Waals surface area contributed by atoms with Crippen molar-refractivity contribution in [3.05, 3.63) is 0 Å². The predicted molar refractivity (Wildman–Crippen MR) is 80.3 cm³/mol. The zero-order valence-corrected chi connectivity index (χ0v) is 13.2. The second-order valence-electron chi connectivity index (χ2n) is 7.52. The molecule has 0 aromatic heterocycles. The second kappa shape index (κ2) is 6.44. The van der Waals surface area contributed by atoms with Gasteiger partial charge < -0.3 is 15.4 Å². The van der Waals surface area contributed by atoms with Gasteiger partial charge in [-0.1, -0.05) is 20.8 Å². The van der Waals surface area contributed by atoms with Crippen LogP contribution < -0.4 is 5.73 Å². The minimum absolute atomic E-state index is 0.0626. The molecule has 2 saturated heterocycles. The summed E-state index contributed by atoms with van der Waals surface area (Å²) in [6.45, 7) is 9.97. The molecule has 0 radical (unpaired) electrons. The molecule has 0 saturated carbocycles. The molecule has 4 heteroatoms. The average Bonchev–Trinajstić information content (AvgIpc) is 2.82. The van der Waals surface area contributed by atoms with Crippen molar-refractivity contribution < 1.29 is 9.53 Å². The first-order chi connectivity index (χ1) is 9.38. The highest BCUT2D eigenvalue weighted by molar-refractivity contribution is 5.76. The highest BCUT2D eigenvalue weighted by Gasteiger charge is 2.32. The normalized spacial score (nSPS) is 30.4. The lowest BCUT2D eigenvalue weighted by atomic mass is 9.77. The van der Waals surface area contributed by atoms with E-state index < -0.39 is 0 Å². The van der Waals surface area contributed by atoms with E-state index >= 15 is 0 Å². The maximum absolute atomic E-state index is 12.3. The molecule has 2 rings (SSSR count). The van der Waals surface area contributed by atoms with E-state index in [9.17, 15) is 4.79 Å². The monoisotopic (exact) mass is 282 g/mol. The summed E-state index contributed by atoms with van der Waals surface area (Å²) in [5, 5.41) is 0. The van der Waals surface area contributed by atoms with Crippen molar-refractivity contribution in [3.63, 3.8) is 0 Å². The summed E-state index contributed by atoms with van der Waals surface area (Å²) < 4.78 is 5.40. The third kappa shape index (κ3) is 3.95. The Morgan fingerprint density at radius 2 is 2.10 bits per heavy atom. The summed E-state index contributed by atoms with van der Waals surface area (Å²) in [6.07, 6.45) is 3.83. The second-order valence-corrected chi connectivity index (χ2v) is 7.52. The van der Waals surface area contributed by atoms with Crippen LogP contribution in [0.25, 0.3) is 0 Å². The van der Waals surface area contributed by atoms with E-state index in [1.807, 2.05) is 4.90 Å². The Labute approximate surface area is 123 Å². The van der Waals surface area contributed by atoms with Crippen molar-refractivity contribution in [3.8, 4) is 0 Å². The van der Waals surface area contributed by atoms with Crippen LogP contribution in [-0.2, 0) is 9.53 Å². The van der Waals surface area contributed by atoms with E-state index in [1.165, 1.54) is 0 Å². The molecule has 2 aliphatic rings. The number of carbonyl (C=O) groups excluding carboxylic acids is 1. The summed E-state index contributed by atoms with van der Waals surface area (Å²) in [7, 11) is 0. The number of likely N-dealkylation sites (tertiary alicyclic amines) is 1. The lowest BCUT2D eigenvalue weighted by Gasteiger charge is -2.30. The van der Waals surface area contributed by atoms with E-state index in [-0.39, 0.29) is 17.4 Å². The average molecular weight is 282 g/mol. The maximum Gasteiger partial charge on any atom is 0.222 e. The first kappa shape index (κ1) is 15.8. The van der Waals surface area contributed by atoms with Crippen LogP contribution in [0.4, 0.5) is 0 Å². The van der Waals surface area contributed by atoms with Crippen LogP contribution in [0.15, 0.2) is 0 Å². The Morgan fingerprint density at radius 3 is 2.70 bits per heavy atom. The summed E-state index contributed by atoms with van der Waals surface area (Å²) in [5.74, 6) is 1.33.